The Kier molecular flexibility index (Phi) is 6.26. The maximum absolute atomic E-state index is 12.5. The normalized spacial score (nSPS) is 16.6. The molecule has 0 bridgehead atoms. The van der Waals surface area contributed by atoms with Crippen LogP contribution in [0.25, 0.3) is 6.08 Å². The van der Waals surface area contributed by atoms with Gasteiger partial charge < -0.3 is 0 Å². The van der Waals surface area contributed by atoms with E-state index in [2.05, 4.69) is 4.72 Å². The van der Waals surface area contributed by atoms with Gasteiger partial charge in [0, 0.05) is 40.5 Å². The summed E-state index contributed by atoms with van der Waals surface area (Å²) in [6.07, 6.45) is 2.22. The van der Waals surface area contributed by atoms with E-state index in [0.717, 1.165) is 22.4 Å². The first-order valence-electron chi connectivity index (χ1n) is 9.69. The van der Waals surface area contributed by atoms with E-state index in [1.54, 1.807) is 6.08 Å². The maximum Gasteiger partial charge on any atom is 0.234 e. The minimum atomic E-state index is -3.63. The van der Waals surface area contributed by atoms with Gasteiger partial charge in [-0.3, -0.25) is 8.89 Å². The van der Waals surface area contributed by atoms with Crippen molar-refractivity contribution >= 4 is 26.9 Å². The standard InChI is InChI=1S/C22H23N3O3S2/c26-29-13-11-21-20(17-29)22(25(24-21)16-19-9-5-2-6-10-19)12-14-30(27,28)23-15-18-7-3-1-4-8-18/h1-10,12,14,23H,11,13,15-17H2/b14-12+. The van der Waals surface area contributed by atoms with Crippen molar-refractivity contribution in [3.05, 3.63) is 94.1 Å². The third-order valence-corrected chi connectivity index (χ3v) is 7.26. The number of sulfonamides is 1. The van der Waals surface area contributed by atoms with E-state index in [9.17, 15) is 12.6 Å². The third kappa shape index (κ3) is 5.13. The van der Waals surface area contributed by atoms with E-state index in [4.69, 9.17) is 5.10 Å². The number of rotatable bonds is 7. The van der Waals surface area contributed by atoms with E-state index in [0.29, 0.717) is 30.2 Å². The van der Waals surface area contributed by atoms with Crippen molar-refractivity contribution in [3.63, 3.8) is 0 Å². The van der Waals surface area contributed by atoms with E-state index in [1.807, 2.05) is 65.3 Å². The summed E-state index contributed by atoms with van der Waals surface area (Å²) in [7, 11) is -4.58. The molecule has 0 spiro atoms. The molecule has 6 nitrogen and oxygen atoms in total. The van der Waals surface area contributed by atoms with Gasteiger partial charge in [-0.15, -0.1) is 0 Å². The first-order chi connectivity index (χ1) is 14.5. The number of aromatic nitrogens is 2. The fourth-order valence-electron chi connectivity index (χ4n) is 3.41. The van der Waals surface area contributed by atoms with Crippen molar-refractivity contribution in [1.29, 1.82) is 0 Å². The van der Waals surface area contributed by atoms with E-state index in [-0.39, 0.29) is 6.54 Å². The summed E-state index contributed by atoms with van der Waals surface area (Å²) in [5.74, 6) is 0.997. The molecule has 1 aliphatic heterocycles. The summed E-state index contributed by atoms with van der Waals surface area (Å²) in [5.41, 5.74) is 4.44. The van der Waals surface area contributed by atoms with Gasteiger partial charge in [-0.2, -0.15) is 5.10 Å². The number of nitrogens with one attached hydrogen (secondary N) is 1. The average Bonchev–Trinajstić information content (AvgIpc) is 3.08. The highest BCUT2D eigenvalue weighted by Gasteiger charge is 2.23. The van der Waals surface area contributed by atoms with E-state index in [1.165, 1.54) is 5.41 Å². The molecule has 0 aliphatic carbocycles. The number of benzene rings is 2. The Morgan fingerprint density at radius 1 is 1.03 bits per heavy atom. The molecule has 1 aromatic heterocycles. The molecular formula is C22H23N3O3S2. The van der Waals surface area contributed by atoms with Gasteiger partial charge in [0.05, 0.1) is 23.7 Å². The van der Waals surface area contributed by atoms with Crippen LogP contribution in [0, 0.1) is 0 Å². The molecule has 30 heavy (non-hydrogen) atoms. The minimum absolute atomic E-state index is 0.221. The summed E-state index contributed by atoms with van der Waals surface area (Å²) in [6, 6.07) is 19.2. The van der Waals surface area contributed by atoms with Gasteiger partial charge in [-0.25, -0.2) is 13.1 Å². The largest absolute Gasteiger partial charge is 0.260 e. The molecular weight excluding hydrogens is 418 g/mol. The van der Waals surface area contributed by atoms with Crippen molar-refractivity contribution in [2.24, 2.45) is 0 Å². The lowest BCUT2D eigenvalue weighted by atomic mass is 10.1. The van der Waals surface area contributed by atoms with Crippen LogP contribution < -0.4 is 4.72 Å². The minimum Gasteiger partial charge on any atom is -0.260 e. The SMILES string of the molecule is O=S1CCc2nn(Cc3ccccc3)c(/C=C/S(=O)(=O)NCc3ccccc3)c2C1. The van der Waals surface area contributed by atoms with Crippen LogP contribution in [0.1, 0.15) is 28.1 Å². The second-order valence-corrected chi connectivity index (χ2v) is 10.4. The number of hydrogen-bond acceptors (Lipinski definition) is 4. The summed E-state index contributed by atoms with van der Waals surface area (Å²) in [5, 5.41) is 5.86. The van der Waals surface area contributed by atoms with Gasteiger partial charge in [0.2, 0.25) is 10.0 Å². The Balaban J connectivity index is 1.60. The molecule has 1 unspecified atom stereocenters. The number of aryl methyl sites for hydroxylation is 1. The molecule has 2 aromatic carbocycles. The second-order valence-electron chi connectivity index (χ2n) is 7.15. The Labute approximate surface area is 179 Å². The molecule has 1 aliphatic rings. The van der Waals surface area contributed by atoms with Gasteiger partial charge >= 0.3 is 0 Å². The first kappa shape index (κ1) is 20.7. The zero-order valence-corrected chi connectivity index (χ0v) is 18.0. The highest BCUT2D eigenvalue weighted by Crippen LogP contribution is 2.24. The highest BCUT2D eigenvalue weighted by atomic mass is 32.2. The Morgan fingerprint density at radius 2 is 1.70 bits per heavy atom. The predicted molar refractivity (Wildman–Crippen MR) is 119 cm³/mol. The topological polar surface area (TPSA) is 81.1 Å². The fraction of sp³-hybridized carbons (Fsp3) is 0.227. The number of nitrogens with zero attached hydrogens (tertiary/aromatic N) is 2. The zero-order valence-electron chi connectivity index (χ0n) is 16.4. The molecule has 4 rings (SSSR count). The zero-order chi connectivity index (χ0) is 21.0. The molecule has 1 atom stereocenters. The van der Waals surface area contributed by atoms with Crippen LogP contribution in [-0.2, 0) is 46.1 Å². The lowest BCUT2D eigenvalue weighted by molar-refractivity contribution is 0.590. The van der Waals surface area contributed by atoms with Crippen LogP contribution in [0.4, 0.5) is 0 Å². The van der Waals surface area contributed by atoms with Gasteiger partial charge in [0.25, 0.3) is 0 Å². The van der Waals surface area contributed by atoms with Gasteiger partial charge in [0.15, 0.2) is 0 Å². The average molecular weight is 442 g/mol. The quantitative estimate of drug-likeness (QED) is 0.611. The monoisotopic (exact) mass is 441 g/mol. The molecule has 8 heteroatoms. The smallest absolute Gasteiger partial charge is 0.234 e. The second kappa shape index (κ2) is 9.07. The lowest BCUT2D eigenvalue weighted by Gasteiger charge is -2.10. The number of fused-ring (bicyclic) bond motifs is 1. The van der Waals surface area contributed by atoms with E-state index < -0.39 is 20.8 Å². The summed E-state index contributed by atoms with van der Waals surface area (Å²) in [6.45, 7) is 0.747. The fourth-order valence-corrected chi connectivity index (χ4v) is 5.38. The first-order valence-corrected chi connectivity index (χ1v) is 12.7. The molecule has 0 saturated heterocycles. The van der Waals surface area contributed by atoms with Crippen LogP contribution in [-0.4, -0.2) is 28.2 Å². The molecule has 156 valence electrons. The molecule has 0 amide bonds. The Morgan fingerprint density at radius 3 is 2.40 bits per heavy atom. The lowest BCUT2D eigenvalue weighted by Crippen LogP contribution is -2.20. The van der Waals surface area contributed by atoms with Crippen molar-refractivity contribution < 1.29 is 12.6 Å². The van der Waals surface area contributed by atoms with Crippen molar-refractivity contribution in [1.82, 2.24) is 14.5 Å². The van der Waals surface area contributed by atoms with Crippen LogP contribution in [0.15, 0.2) is 66.1 Å². The molecule has 0 radical (unpaired) electrons. The highest BCUT2D eigenvalue weighted by molar-refractivity contribution is 7.92. The molecule has 0 fully saturated rings. The van der Waals surface area contributed by atoms with Crippen molar-refractivity contribution in [3.8, 4) is 0 Å². The predicted octanol–water partition coefficient (Wildman–Crippen LogP) is 2.83. The maximum atomic E-state index is 12.5. The van der Waals surface area contributed by atoms with Crippen LogP contribution >= 0.6 is 0 Å². The van der Waals surface area contributed by atoms with E-state index >= 15 is 0 Å². The van der Waals surface area contributed by atoms with Gasteiger partial charge in [-0.1, -0.05) is 60.7 Å². The molecule has 2 heterocycles. The van der Waals surface area contributed by atoms with Crippen molar-refractivity contribution in [2.45, 2.75) is 25.3 Å². The van der Waals surface area contributed by atoms with Crippen LogP contribution in [0.5, 0.6) is 0 Å². The van der Waals surface area contributed by atoms with Crippen molar-refractivity contribution in [2.75, 3.05) is 5.75 Å². The Bertz CT molecular complexity index is 1170. The molecule has 1 N–H and O–H groups in total. The summed E-state index contributed by atoms with van der Waals surface area (Å²) < 4.78 is 41.6. The van der Waals surface area contributed by atoms with Gasteiger partial charge in [0.1, 0.15) is 0 Å². The molecule has 0 saturated carbocycles. The summed E-state index contributed by atoms with van der Waals surface area (Å²) in [4.78, 5) is 0. The Hall–Kier alpha value is -2.55. The summed E-state index contributed by atoms with van der Waals surface area (Å²) >= 11 is 0. The van der Waals surface area contributed by atoms with Crippen LogP contribution in [0.2, 0.25) is 0 Å². The third-order valence-electron chi connectivity index (χ3n) is 4.95. The number of hydrogen-bond donors (Lipinski definition) is 1. The molecule has 3 aromatic rings. The van der Waals surface area contributed by atoms with Gasteiger partial charge in [-0.05, 0) is 17.2 Å². The van der Waals surface area contributed by atoms with Crippen LogP contribution in [0.3, 0.4) is 0 Å².